The third kappa shape index (κ3) is 2.70. The first-order valence-corrected chi connectivity index (χ1v) is 5.43. The lowest BCUT2D eigenvalue weighted by atomic mass is 10.3. The summed E-state index contributed by atoms with van der Waals surface area (Å²) in [5.74, 6) is 0.894. The Balaban J connectivity index is 1.84. The van der Waals surface area contributed by atoms with Crippen LogP contribution in [0.2, 0.25) is 0 Å². The average molecular weight is 220 g/mol. The molecule has 0 aliphatic carbocycles. The zero-order valence-electron chi connectivity index (χ0n) is 9.39. The molecule has 1 N–H and O–H groups in total. The molecule has 0 spiro atoms. The smallest absolute Gasteiger partial charge is 0.157 e. The number of ether oxygens (including phenoxy) is 1. The molecule has 0 aliphatic heterocycles. The Hall–Kier alpha value is -1.62. The van der Waals surface area contributed by atoms with Crippen LogP contribution in [0, 0.1) is 0 Å². The van der Waals surface area contributed by atoms with Gasteiger partial charge in [-0.3, -0.25) is 0 Å². The van der Waals surface area contributed by atoms with Gasteiger partial charge in [-0.25, -0.2) is 9.50 Å². The monoisotopic (exact) mass is 220 g/mol. The molecule has 5 heteroatoms. The average Bonchev–Trinajstić information content (AvgIpc) is 2.76. The second-order valence-electron chi connectivity index (χ2n) is 3.57. The molecule has 0 unspecified atom stereocenters. The van der Waals surface area contributed by atoms with Crippen LogP contribution in [0.25, 0.3) is 5.65 Å². The van der Waals surface area contributed by atoms with E-state index in [0.29, 0.717) is 0 Å². The molecule has 0 bridgehead atoms. The van der Waals surface area contributed by atoms with E-state index < -0.39 is 0 Å². The van der Waals surface area contributed by atoms with Crippen molar-refractivity contribution in [1.82, 2.24) is 14.6 Å². The normalized spacial score (nSPS) is 10.8. The Morgan fingerprint density at radius 3 is 3.19 bits per heavy atom. The lowest BCUT2D eigenvalue weighted by molar-refractivity contribution is 0.194. The van der Waals surface area contributed by atoms with Crippen molar-refractivity contribution in [2.24, 2.45) is 0 Å². The van der Waals surface area contributed by atoms with Gasteiger partial charge in [-0.05, 0) is 18.9 Å². The van der Waals surface area contributed by atoms with E-state index in [4.69, 9.17) is 4.74 Å². The van der Waals surface area contributed by atoms with Gasteiger partial charge in [0.1, 0.15) is 5.82 Å². The lowest BCUT2D eigenvalue weighted by Gasteiger charge is -2.05. The SMILES string of the molecule is COCCCCNc1ccn2nccc2n1. The molecule has 2 heterocycles. The van der Waals surface area contributed by atoms with E-state index in [9.17, 15) is 0 Å². The fourth-order valence-electron chi connectivity index (χ4n) is 1.50. The van der Waals surface area contributed by atoms with E-state index in [1.807, 2.05) is 18.3 Å². The number of unbranched alkanes of at least 4 members (excludes halogenated alkanes) is 1. The molecule has 16 heavy (non-hydrogen) atoms. The molecule has 5 nitrogen and oxygen atoms in total. The fourth-order valence-corrected chi connectivity index (χ4v) is 1.50. The van der Waals surface area contributed by atoms with E-state index in [-0.39, 0.29) is 0 Å². The van der Waals surface area contributed by atoms with E-state index in [1.54, 1.807) is 17.8 Å². The summed E-state index contributed by atoms with van der Waals surface area (Å²) in [5, 5.41) is 7.37. The number of anilines is 1. The molecule has 0 saturated carbocycles. The number of fused-ring (bicyclic) bond motifs is 1. The van der Waals surface area contributed by atoms with Gasteiger partial charge >= 0.3 is 0 Å². The van der Waals surface area contributed by atoms with Crippen LogP contribution < -0.4 is 5.32 Å². The van der Waals surface area contributed by atoms with Crippen molar-refractivity contribution >= 4 is 11.5 Å². The lowest BCUT2D eigenvalue weighted by Crippen LogP contribution is -2.05. The Kier molecular flexibility index (Phi) is 3.71. The third-order valence-corrected chi connectivity index (χ3v) is 2.34. The molecular formula is C11H16N4O. The number of aromatic nitrogens is 3. The fraction of sp³-hybridized carbons (Fsp3) is 0.455. The number of rotatable bonds is 6. The highest BCUT2D eigenvalue weighted by molar-refractivity contribution is 5.45. The van der Waals surface area contributed by atoms with Gasteiger partial charge in [0.2, 0.25) is 0 Å². The topological polar surface area (TPSA) is 51.5 Å². The molecule has 0 amide bonds. The van der Waals surface area contributed by atoms with Crippen molar-refractivity contribution in [2.45, 2.75) is 12.8 Å². The van der Waals surface area contributed by atoms with Crippen LogP contribution in [0.1, 0.15) is 12.8 Å². The predicted octanol–water partition coefficient (Wildman–Crippen LogP) is 1.57. The summed E-state index contributed by atoms with van der Waals surface area (Å²) in [4.78, 5) is 4.41. The van der Waals surface area contributed by atoms with E-state index in [2.05, 4.69) is 15.4 Å². The zero-order valence-corrected chi connectivity index (χ0v) is 9.39. The Labute approximate surface area is 94.4 Å². The van der Waals surface area contributed by atoms with Crippen molar-refractivity contribution in [3.8, 4) is 0 Å². The molecule has 2 rings (SSSR count). The van der Waals surface area contributed by atoms with Crippen molar-refractivity contribution in [3.63, 3.8) is 0 Å². The van der Waals surface area contributed by atoms with Gasteiger partial charge in [0, 0.05) is 32.5 Å². The van der Waals surface area contributed by atoms with Gasteiger partial charge in [0.15, 0.2) is 5.65 Å². The van der Waals surface area contributed by atoms with Crippen LogP contribution in [-0.4, -0.2) is 34.9 Å². The van der Waals surface area contributed by atoms with Crippen molar-refractivity contribution < 1.29 is 4.74 Å². The van der Waals surface area contributed by atoms with E-state index in [1.165, 1.54) is 0 Å². The first kappa shape index (κ1) is 10.9. The van der Waals surface area contributed by atoms with Crippen LogP contribution in [0.4, 0.5) is 5.82 Å². The molecule has 0 saturated heterocycles. The van der Waals surface area contributed by atoms with E-state index >= 15 is 0 Å². The van der Waals surface area contributed by atoms with Crippen molar-refractivity contribution in [3.05, 3.63) is 24.5 Å². The predicted molar refractivity (Wildman–Crippen MR) is 62.6 cm³/mol. The third-order valence-electron chi connectivity index (χ3n) is 2.34. The number of methoxy groups -OCH3 is 1. The second kappa shape index (κ2) is 5.46. The molecule has 86 valence electrons. The summed E-state index contributed by atoms with van der Waals surface area (Å²) < 4.78 is 6.73. The second-order valence-corrected chi connectivity index (χ2v) is 3.57. The van der Waals surface area contributed by atoms with Gasteiger partial charge in [-0.2, -0.15) is 5.10 Å². The van der Waals surface area contributed by atoms with Gasteiger partial charge in [0.05, 0.1) is 6.20 Å². The molecule has 0 radical (unpaired) electrons. The minimum absolute atomic E-state index is 0.816. The molecule has 0 aromatic carbocycles. The van der Waals surface area contributed by atoms with Crippen LogP contribution in [0.3, 0.4) is 0 Å². The highest BCUT2D eigenvalue weighted by Crippen LogP contribution is 2.05. The first-order chi connectivity index (χ1) is 7.90. The Bertz CT molecular complexity index is 440. The van der Waals surface area contributed by atoms with Crippen molar-refractivity contribution in [2.75, 3.05) is 25.6 Å². The quantitative estimate of drug-likeness (QED) is 0.751. The number of hydrogen-bond donors (Lipinski definition) is 1. The summed E-state index contributed by atoms with van der Waals surface area (Å²) in [6.45, 7) is 1.73. The summed E-state index contributed by atoms with van der Waals surface area (Å²) in [6.07, 6.45) is 5.79. The highest BCUT2D eigenvalue weighted by Gasteiger charge is 1.97. The molecule has 2 aromatic heterocycles. The minimum atomic E-state index is 0.816. The molecule has 2 aromatic rings. The maximum Gasteiger partial charge on any atom is 0.157 e. The Morgan fingerprint density at radius 2 is 2.31 bits per heavy atom. The Morgan fingerprint density at radius 1 is 1.38 bits per heavy atom. The summed E-state index contributed by atoms with van der Waals surface area (Å²) in [7, 11) is 1.72. The first-order valence-electron chi connectivity index (χ1n) is 5.43. The number of nitrogens with one attached hydrogen (secondary N) is 1. The van der Waals surface area contributed by atoms with Crippen LogP contribution in [-0.2, 0) is 4.74 Å². The van der Waals surface area contributed by atoms with Crippen LogP contribution in [0.15, 0.2) is 24.5 Å². The maximum atomic E-state index is 4.99. The standard InChI is InChI=1S/C11H16N4O/c1-16-9-3-2-6-12-10-5-8-15-11(14-10)4-7-13-15/h4-5,7-8H,2-3,6,9H2,1H3,(H,12,14). The maximum absolute atomic E-state index is 4.99. The number of hydrogen-bond acceptors (Lipinski definition) is 4. The van der Waals surface area contributed by atoms with Gasteiger partial charge in [-0.1, -0.05) is 0 Å². The van der Waals surface area contributed by atoms with Gasteiger partial charge < -0.3 is 10.1 Å². The van der Waals surface area contributed by atoms with Gasteiger partial charge in [0.25, 0.3) is 0 Å². The summed E-state index contributed by atoms with van der Waals surface area (Å²) in [6, 6.07) is 3.81. The minimum Gasteiger partial charge on any atom is -0.385 e. The highest BCUT2D eigenvalue weighted by atomic mass is 16.5. The molecule has 0 aliphatic rings. The molecule has 0 fully saturated rings. The van der Waals surface area contributed by atoms with Crippen molar-refractivity contribution in [1.29, 1.82) is 0 Å². The number of nitrogens with zero attached hydrogens (tertiary/aromatic N) is 3. The molecular weight excluding hydrogens is 204 g/mol. The van der Waals surface area contributed by atoms with Crippen LogP contribution >= 0.6 is 0 Å². The summed E-state index contributed by atoms with van der Waals surface area (Å²) in [5.41, 5.74) is 0.863. The van der Waals surface area contributed by atoms with E-state index in [0.717, 1.165) is 37.5 Å². The largest absolute Gasteiger partial charge is 0.385 e. The molecule has 0 atom stereocenters. The van der Waals surface area contributed by atoms with Crippen LogP contribution in [0.5, 0.6) is 0 Å². The zero-order chi connectivity index (χ0) is 11.2. The van der Waals surface area contributed by atoms with Gasteiger partial charge in [-0.15, -0.1) is 0 Å². The summed E-state index contributed by atoms with van der Waals surface area (Å²) >= 11 is 0.